The molecule has 6 nitrogen and oxygen atoms in total. The van der Waals surface area contributed by atoms with Crippen LogP contribution in [0.1, 0.15) is 25.0 Å². The number of aryl methyl sites for hydroxylation is 1. The molecule has 1 aliphatic rings. The molecule has 3 rings (SSSR count). The van der Waals surface area contributed by atoms with Gasteiger partial charge in [0.1, 0.15) is 18.1 Å². The zero-order valence-corrected chi connectivity index (χ0v) is 14.9. The second-order valence-corrected chi connectivity index (χ2v) is 6.42. The number of benzene rings is 1. The number of rotatable bonds is 7. The van der Waals surface area contributed by atoms with E-state index in [1.807, 2.05) is 42.2 Å². The molecule has 1 aromatic heterocycles. The molecule has 1 amide bonds. The molecule has 1 atom stereocenters. The maximum Gasteiger partial charge on any atom is 0.220 e. The Labute approximate surface area is 148 Å². The maximum absolute atomic E-state index is 12.1. The Morgan fingerprint density at radius 3 is 2.88 bits per heavy atom. The normalized spacial score (nSPS) is 17.6. The van der Waals surface area contributed by atoms with Crippen molar-refractivity contribution < 1.29 is 13.9 Å². The van der Waals surface area contributed by atoms with Gasteiger partial charge in [0.15, 0.2) is 0 Å². The van der Waals surface area contributed by atoms with Gasteiger partial charge in [-0.1, -0.05) is 18.2 Å². The molecule has 134 valence electrons. The van der Waals surface area contributed by atoms with Crippen molar-refractivity contribution in [3.05, 3.63) is 48.2 Å². The molecule has 0 unspecified atom stereocenters. The lowest BCUT2D eigenvalue weighted by Gasteiger charge is -2.27. The molecule has 2 heterocycles. The molecule has 0 saturated carbocycles. The van der Waals surface area contributed by atoms with Gasteiger partial charge >= 0.3 is 0 Å². The minimum absolute atomic E-state index is 0.0586. The van der Waals surface area contributed by atoms with Crippen molar-refractivity contribution in [2.24, 2.45) is 0 Å². The summed E-state index contributed by atoms with van der Waals surface area (Å²) < 4.78 is 11.3. The Hall–Kier alpha value is -2.34. The number of carbonyl (C=O) groups excluding carboxylic acids is 1. The SMILES string of the molecule is CC(=O)N(Cc1ncc(C)o1)[C@H]1CCN(CCOc2ccccc2)C1. The summed E-state index contributed by atoms with van der Waals surface area (Å²) in [6, 6.07) is 10.0. The number of oxazole rings is 1. The van der Waals surface area contributed by atoms with Crippen LogP contribution in [0, 0.1) is 6.92 Å². The van der Waals surface area contributed by atoms with Crippen molar-refractivity contribution in [2.75, 3.05) is 26.2 Å². The average Bonchev–Trinajstić information content (AvgIpc) is 3.22. The Kier molecular flexibility index (Phi) is 5.71. The summed E-state index contributed by atoms with van der Waals surface area (Å²) in [6.45, 7) is 7.23. The quantitative estimate of drug-likeness (QED) is 0.773. The lowest BCUT2D eigenvalue weighted by atomic mass is 10.2. The molecule has 0 N–H and O–H groups in total. The fourth-order valence-electron chi connectivity index (χ4n) is 3.20. The number of carbonyl (C=O) groups is 1. The molecule has 1 aromatic carbocycles. The van der Waals surface area contributed by atoms with Crippen LogP contribution in [-0.4, -0.2) is 53.0 Å². The highest BCUT2D eigenvalue weighted by molar-refractivity contribution is 5.73. The van der Waals surface area contributed by atoms with Gasteiger partial charge in [0, 0.05) is 32.6 Å². The van der Waals surface area contributed by atoms with E-state index in [2.05, 4.69) is 9.88 Å². The third kappa shape index (κ3) is 4.82. The van der Waals surface area contributed by atoms with Crippen LogP contribution in [0.15, 0.2) is 40.9 Å². The zero-order valence-electron chi connectivity index (χ0n) is 14.9. The largest absolute Gasteiger partial charge is 0.492 e. The average molecular weight is 343 g/mol. The summed E-state index contributed by atoms with van der Waals surface area (Å²) in [6.07, 6.45) is 2.65. The molecule has 6 heteroatoms. The van der Waals surface area contributed by atoms with Crippen LogP contribution in [0.4, 0.5) is 0 Å². The number of nitrogens with zero attached hydrogens (tertiary/aromatic N) is 3. The van der Waals surface area contributed by atoms with E-state index in [1.165, 1.54) is 0 Å². The number of likely N-dealkylation sites (tertiary alicyclic amines) is 1. The summed E-state index contributed by atoms with van der Waals surface area (Å²) in [5.41, 5.74) is 0. The number of hydrogen-bond donors (Lipinski definition) is 0. The Bertz CT molecular complexity index is 686. The first-order valence-electron chi connectivity index (χ1n) is 8.70. The van der Waals surface area contributed by atoms with Crippen molar-refractivity contribution in [1.82, 2.24) is 14.8 Å². The number of aromatic nitrogens is 1. The lowest BCUT2D eigenvalue weighted by molar-refractivity contribution is -0.132. The molecular weight excluding hydrogens is 318 g/mol. The minimum atomic E-state index is 0.0586. The van der Waals surface area contributed by atoms with Crippen LogP contribution < -0.4 is 4.74 Å². The van der Waals surface area contributed by atoms with Gasteiger partial charge in [0.25, 0.3) is 0 Å². The molecule has 1 fully saturated rings. The molecule has 1 aliphatic heterocycles. The van der Waals surface area contributed by atoms with Crippen molar-refractivity contribution in [1.29, 1.82) is 0 Å². The van der Waals surface area contributed by atoms with Crippen LogP contribution >= 0.6 is 0 Å². The van der Waals surface area contributed by atoms with Crippen molar-refractivity contribution in [3.63, 3.8) is 0 Å². The smallest absolute Gasteiger partial charge is 0.220 e. The van der Waals surface area contributed by atoms with Gasteiger partial charge in [0.05, 0.1) is 12.7 Å². The van der Waals surface area contributed by atoms with Gasteiger partial charge < -0.3 is 14.1 Å². The summed E-state index contributed by atoms with van der Waals surface area (Å²) in [4.78, 5) is 20.5. The second-order valence-electron chi connectivity index (χ2n) is 6.42. The predicted octanol–water partition coefficient (Wildman–Crippen LogP) is 2.48. The molecule has 0 radical (unpaired) electrons. The molecule has 0 spiro atoms. The van der Waals surface area contributed by atoms with Crippen LogP contribution in [0.2, 0.25) is 0 Å². The van der Waals surface area contributed by atoms with Gasteiger partial charge in [-0.25, -0.2) is 4.98 Å². The van der Waals surface area contributed by atoms with Gasteiger partial charge in [-0.2, -0.15) is 0 Å². The standard InChI is InChI=1S/C19H25N3O3/c1-15-12-20-19(25-15)14-22(16(2)23)17-8-9-21(13-17)10-11-24-18-6-4-3-5-7-18/h3-7,12,17H,8-11,13-14H2,1-2H3/t17-/m0/s1. The van der Waals surface area contributed by atoms with Gasteiger partial charge in [-0.15, -0.1) is 0 Å². The third-order valence-corrected chi connectivity index (χ3v) is 4.49. The lowest BCUT2D eigenvalue weighted by Crippen LogP contribution is -2.40. The van der Waals surface area contributed by atoms with E-state index in [9.17, 15) is 4.79 Å². The van der Waals surface area contributed by atoms with E-state index in [-0.39, 0.29) is 11.9 Å². The summed E-state index contributed by atoms with van der Waals surface area (Å²) in [5, 5.41) is 0. The van der Waals surface area contributed by atoms with E-state index in [0.29, 0.717) is 19.0 Å². The molecule has 1 saturated heterocycles. The summed E-state index contributed by atoms with van der Waals surface area (Å²) >= 11 is 0. The van der Waals surface area contributed by atoms with Crippen LogP contribution in [-0.2, 0) is 11.3 Å². The monoisotopic (exact) mass is 343 g/mol. The Balaban J connectivity index is 1.48. The van der Waals surface area contributed by atoms with E-state index in [4.69, 9.17) is 9.15 Å². The van der Waals surface area contributed by atoms with Crippen LogP contribution in [0.5, 0.6) is 5.75 Å². The van der Waals surface area contributed by atoms with E-state index < -0.39 is 0 Å². The maximum atomic E-state index is 12.1. The van der Waals surface area contributed by atoms with Crippen molar-refractivity contribution >= 4 is 5.91 Å². The fraction of sp³-hybridized carbons (Fsp3) is 0.474. The molecular formula is C19H25N3O3. The number of ether oxygens (including phenoxy) is 1. The van der Waals surface area contributed by atoms with E-state index in [0.717, 1.165) is 37.6 Å². The Morgan fingerprint density at radius 1 is 1.40 bits per heavy atom. The fourth-order valence-corrected chi connectivity index (χ4v) is 3.20. The van der Waals surface area contributed by atoms with E-state index >= 15 is 0 Å². The zero-order chi connectivity index (χ0) is 17.6. The van der Waals surface area contributed by atoms with Crippen molar-refractivity contribution in [2.45, 2.75) is 32.9 Å². The first-order valence-corrected chi connectivity index (χ1v) is 8.70. The van der Waals surface area contributed by atoms with Crippen LogP contribution in [0.3, 0.4) is 0 Å². The van der Waals surface area contributed by atoms with Gasteiger partial charge in [-0.3, -0.25) is 9.69 Å². The van der Waals surface area contributed by atoms with Gasteiger partial charge in [0.2, 0.25) is 11.8 Å². The van der Waals surface area contributed by atoms with Crippen molar-refractivity contribution in [3.8, 4) is 5.75 Å². The van der Waals surface area contributed by atoms with Crippen LogP contribution in [0.25, 0.3) is 0 Å². The summed E-state index contributed by atoms with van der Waals surface area (Å²) in [5.74, 6) is 2.31. The predicted molar refractivity (Wildman–Crippen MR) is 94.2 cm³/mol. The van der Waals surface area contributed by atoms with E-state index in [1.54, 1.807) is 13.1 Å². The Morgan fingerprint density at radius 2 is 2.20 bits per heavy atom. The topological polar surface area (TPSA) is 58.8 Å². The highest BCUT2D eigenvalue weighted by Crippen LogP contribution is 2.19. The summed E-state index contributed by atoms with van der Waals surface area (Å²) in [7, 11) is 0. The first-order chi connectivity index (χ1) is 12.1. The highest BCUT2D eigenvalue weighted by atomic mass is 16.5. The molecule has 0 bridgehead atoms. The number of para-hydroxylation sites is 1. The highest BCUT2D eigenvalue weighted by Gasteiger charge is 2.30. The van der Waals surface area contributed by atoms with Gasteiger partial charge in [-0.05, 0) is 25.5 Å². The number of amides is 1. The number of hydrogen-bond acceptors (Lipinski definition) is 5. The molecule has 2 aromatic rings. The second kappa shape index (κ2) is 8.16. The molecule has 0 aliphatic carbocycles. The molecule has 25 heavy (non-hydrogen) atoms. The third-order valence-electron chi connectivity index (χ3n) is 4.49. The first kappa shape index (κ1) is 17.5. The minimum Gasteiger partial charge on any atom is -0.492 e.